The molecule has 4 heterocycles. The van der Waals surface area contributed by atoms with Gasteiger partial charge >= 0.3 is 0 Å². The second-order valence-electron chi connectivity index (χ2n) is 7.13. The first-order chi connectivity index (χ1) is 11.1. The molecule has 23 heavy (non-hydrogen) atoms. The first kappa shape index (κ1) is 14.5. The van der Waals surface area contributed by atoms with E-state index in [0.29, 0.717) is 30.5 Å². The van der Waals surface area contributed by atoms with Crippen LogP contribution in [0.5, 0.6) is 0 Å². The summed E-state index contributed by atoms with van der Waals surface area (Å²) in [6, 6.07) is 1.72. The molecule has 0 unspecified atom stereocenters. The fourth-order valence-electron chi connectivity index (χ4n) is 4.02. The average molecular weight is 317 g/mol. The molecule has 1 aromatic heterocycles. The van der Waals surface area contributed by atoms with Crippen LogP contribution in [0.15, 0.2) is 6.07 Å². The number of aromatic nitrogens is 2. The molecule has 1 aliphatic carbocycles. The number of piperidine rings is 1. The predicted molar refractivity (Wildman–Crippen MR) is 84.5 cm³/mol. The summed E-state index contributed by atoms with van der Waals surface area (Å²) in [4.78, 5) is 29.3. The molecular formula is C16H23N5O2. The van der Waals surface area contributed by atoms with E-state index in [2.05, 4.69) is 15.1 Å². The van der Waals surface area contributed by atoms with Gasteiger partial charge in [0.15, 0.2) is 0 Å². The van der Waals surface area contributed by atoms with Crippen LogP contribution in [0.3, 0.4) is 0 Å². The van der Waals surface area contributed by atoms with Crippen LogP contribution in [-0.2, 0) is 4.79 Å². The third-order valence-corrected chi connectivity index (χ3v) is 5.59. The molecule has 124 valence electrons. The van der Waals surface area contributed by atoms with Gasteiger partial charge in [-0.15, -0.1) is 0 Å². The number of anilines is 1. The number of nitrogens with one attached hydrogen (secondary N) is 1. The number of nitrogens with zero attached hydrogens (tertiary/aromatic N) is 3. The van der Waals surface area contributed by atoms with Gasteiger partial charge in [0.2, 0.25) is 5.91 Å². The maximum Gasteiger partial charge on any atom is 0.272 e. The fourth-order valence-corrected chi connectivity index (χ4v) is 4.02. The average Bonchev–Trinajstić information content (AvgIpc) is 2.75. The zero-order chi connectivity index (χ0) is 16.0. The monoisotopic (exact) mass is 317 g/mol. The molecule has 1 saturated carbocycles. The number of rotatable bonds is 3. The van der Waals surface area contributed by atoms with E-state index >= 15 is 0 Å². The zero-order valence-corrected chi connectivity index (χ0v) is 13.2. The minimum atomic E-state index is -0.107. The molecule has 0 aromatic carbocycles. The number of carbonyl (C=O) groups excluding carboxylic acids is 2. The standard InChI is InChI=1S/C16H23N5O2/c17-14-6-13(18-19-14)16(23)20-8-11-4-5-12(9-20)21(15(11)22)7-10-2-1-3-10/h6,10-12H,1-5,7-9H2,(H3,17,18,19)/t11-,12+/m0/s1. The molecule has 2 amide bonds. The van der Waals surface area contributed by atoms with E-state index in [0.717, 1.165) is 19.4 Å². The van der Waals surface area contributed by atoms with Crippen molar-refractivity contribution in [1.82, 2.24) is 20.0 Å². The molecule has 7 nitrogen and oxygen atoms in total. The van der Waals surface area contributed by atoms with Crippen molar-refractivity contribution in [3.63, 3.8) is 0 Å². The zero-order valence-electron chi connectivity index (χ0n) is 13.2. The van der Waals surface area contributed by atoms with Crippen molar-refractivity contribution in [2.24, 2.45) is 11.8 Å². The van der Waals surface area contributed by atoms with Crippen LogP contribution < -0.4 is 5.73 Å². The first-order valence-corrected chi connectivity index (χ1v) is 8.52. The van der Waals surface area contributed by atoms with Gasteiger partial charge in [-0.25, -0.2) is 0 Å². The van der Waals surface area contributed by atoms with Crippen molar-refractivity contribution in [3.05, 3.63) is 11.8 Å². The molecule has 2 atom stereocenters. The van der Waals surface area contributed by atoms with Gasteiger partial charge in [-0.2, -0.15) is 5.10 Å². The van der Waals surface area contributed by atoms with E-state index in [-0.39, 0.29) is 23.8 Å². The Labute approximate surface area is 135 Å². The number of fused-ring (bicyclic) bond motifs is 4. The second-order valence-corrected chi connectivity index (χ2v) is 7.13. The largest absolute Gasteiger partial charge is 0.382 e. The Hall–Kier alpha value is -2.05. The molecule has 7 heteroatoms. The molecular weight excluding hydrogens is 294 g/mol. The molecule has 0 radical (unpaired) electrons. The minimum absolute atomic E-state index is 0.0574. The van der Waals surface area contributed by atoms with Crippen LogP contribution in [0.4, 0.5) is 5.82 Å². The second kappa shape index (κ2) is 5.54. The number of hydrogen-bond acceptors (Lipinski definition) is 4. The Morgan fingerprint density at radius 3 is 2.78 bits per heavy atom. The summed E-state index contributed by atoms with van der Waals surface area (Å²) in [5.74, 6) is 1.05. The van der Waals surface area contributed by atoms with Gasteiger partial charge < -0.3 is 15.5 Å². The van der Waals surface area contributed by atoms with Crippen LogP contribution in [0.1, 0.15) is 42.6 Å². The van der Waals surface area contributed by atoms with Gasteiger partial charge in [-0.05, 0) is 31.6 Å². The normalized spacial score (nSPS) is 27.9. The van der Waals surface area contributed by atoms with Gasteiger partial charge in [0.25, 0.3) is 5.91 Å². The first-order valence-electron chi connectivity index (χ1n) is 8.52. The van der Waals surface area contributed by atoms with E-state index in [1.54, 1.807) is 11.0 Å². The van der Waals surface area contributed by atoms with Gasteiger partial charge in [0.1, 0.15) is 11.5 Å². The molecule has 4 fully saturated rings. The molecule has 1 aromatic rings. The Balaban J connectivity index is 1.52. The number of H-pyrrole nitrogens is 1. The summed E-state index contributed by atoms with van der Waals surface area (Å²) in [6.07, 6.45) is 5.64. The summed E-state index contributed by atoms with van der Waals surface area (Å²) in [6.45, 7) is 2.00. The van der Waals surface area contributed by atoms with Crippen molar-refractivity contribution < 1.29 is 9.59 Å². The lowest BCUT2D eigenvalue weighted by Crippen LogP contribution is -2.50. The maximum atomic E-state index is 12.7. The molecule has 3 aliphatic heterocycles. The van der Waals surface area contributed by atoms with Gasteiger partial charge in [0.05, 0.1) is 5.92 Å². The van der Waals surface area contributed by atoms with Crippen LogP contribution in [0, 0.1) is 11.8 Å². The summed E-state index contributed by atoms with van der Waals surface area (Å²) in [5, 5.41) is 6.51. The Bertz CT molecular complexity index is 624. The van der Waals surface area contributed by atoms with Gasteiger partial charge in [-0.3, -0.25) is 14.7 Å². The number of amides is 2. The highest BCUT2D eigenvalue weighted by molar-refractivity contribution is 5.94. The van der Waals surface area contributed by atoms with Crippen molar-refractivity contribution >= 4 is 17.6 Å². The smallest absolute Gasteiger partial charge is 0.272 e. The highest BCUT2D eigenvalue weighted by Crippen LogP contribution is 2.34. The number of nitrogens with two attached hydrogens (primary N) is 1. The number of hydrogen-bond donors (Lipinski definition) is 2. The lowest BCUT2D eigenvalue weighted by Gasteiger charge is -2.40. The topological polar surface area (TPSA) is 95.3 Å². The minimum Gasteiger partial charge on any atom is -0.382 e. The van der Waals surface area contributed by atoms with E-state index in [9.17, 15) is 9.59 Å². The van der Waals surface area contributed by atoms with E-state index in [1.165, 1.54) is 19.3 Å². The van der Waals surface area contributed by atoms with Crippen LogP contribution >= 0.6 is 0 Å². The summed E-state index contributed by atoms with van der Waals surface area (Å²) in [7, 11) is 0. The van der Waals surface area contributed by atoms with E-state index in [1.807, 2.05) is 0 Å². The van der Waals surface area contributed by atoms with Crippen LogP contribution in [0.2, 0.25) is 0 Å². The van der Waals surface area contributed by atoms with Gasteiger partial charge in [0, 0.05) is 31.7 Å². The van der Waals surface area contributed by atoms with Crippen molar-refractivity contribution in [1.29, 1.82) is 0 Å². The summed E-state index contributed by atoms with van der Waals surface area (Å²) >= 11 is 0. The van der Waals surface area contributed by atoms with Crippen molar-refractivity contribution in [2.45, 2.75) is 38.1 Å². The molecule has 4 aliphatic rings. The number of carbonyl (C=O) groups is 2. The third-order valence-electron chi connectivity index (χ3n) is 5.59. The highest BCUT2D eigenvalue weighted by atomic mass is 16.2. The molecule has 3 N–H and O–H groups in total. The quantitative estimate of drug-likeness (QED) is 0.864. The Kier molecular flexibility index (Phi) is 3.50. The molecule has 3 saturated heterocycles. The Morgan fingerprint density at radius 2 is 2.13 bits per heavy atom. The predicted octanol–water partition coefficient (Wildman–Crippen LogP) is 0.855. The highest BCUT2D eigenvalue weighted by Gasteiger charge is 2.43. The van der Waals surface area contributed by atoms with Crippen LogP contribution in [0.25, 0.3) is 0 Å². The molecule has 2 bridgehead atoms. The van der Waals surface area contributed by atoms with E-state index in [4.69, 9.17) is 5.73 Å². The van der Waals surface area contributed by atoms with Gasteiger partial charge in [-0.1, -0.05) is 6.42 Å². The lowest BCUT2D eigenvalue weighted by atomic mass is 9.83. The molecule has 5 rings (SSSR count). The summed E-state index contributed by atoms with van der Waals surface area (Å²) < 4.78 is 0. The number of aromatic amines is 1. The van der Waals surface area contributed by atoms with Crippen molar-refractivity contribution in [3.8, 4) is 0 Å². The SMILES string of the molecule is Nc1cc(C(=O)N2C[C@@H]3CC[C@H](C2)N(CC2CCC2)C3=O)[nH]n1. The van der Waals surface area contributed by atoms with Crippen LogP contribution in [-0.4, -0.2) is 57.5 Å². The van der Waals surface area contributed by atoms with Crippen molar-refractivity contribution in [2.75, 3.05) is 25.4 Å². The van der Waals surface area contributed by atoms with E-state index < -0.39 is 0 Å². The lowest BCUT2D eigenvalue weighted by molar-refractivity contribution is -0.141. The number of nitrogen functional groups attached to an aromatic ring is 1. The maximum absolute atomic E-state index is 12.7. The fraction of sp³-hybridized carbons (Fsp3) is 0.688. The third kappa shape index (κ3) is 2.58. The summed E-state index contributed by atoms with van der Waals surface area (Å²) in [5.41, 5.74) is 5.99. The Morgan fingerprint density at radius 1 is 1.30 bits per heavy atom. The molecule has 0 spiro atoms.